The summed E-state index contributed by atoms with van der Waals surface area (Å²) in [5.41, 5.74) is 1.51. The van der Waals surface area contributed by atoms with Gasteiger partial charge in [-0.05, 0) is 5.92 Å². The number of carbonyl (C=O) groups is 1. The Morgan fingerprint density at radius 3 is 2.85 bits per heavy atom. The lowest BCUT2D eigenvalue weighted by molar-refractivity contribution is -0.125. The van der Waals surface area contributed by atoms with Gasteiger partial charge in [-0.1, -0.05) is 25.2 Å². The fraction of sp³-hybridized carbons (Fsp3) is 0.571. The van der Waals surface area contributed by atoms with Gasteiger partial charge in [0.1, 0.15) is 11.6 Å². The lowest BCUT2D eigenvalue weighted by atomic mass is 10.1. The number of carbonyl (C=O) groups excluding carboxylic acids is 1. The van der Waals surface area contributed by atoms with Crippen molar-refractivity contribution in [3.8, 4) is 0 Å². The molecular formula is C7H11N3O2S. The molecule has 0 aliphatic carbocycles. The maximum Gasteiger partial charge on any atom is 0.255 e. The largest absolute Gasteiger partial charge is 0.383 e. The highest BCUT2D eigenvalue weighted by atomic mass is 32.1. The van der Waals surface area contributed by atoms with Crippen molar-refractivity contribution in [2.45, 2.75) is 20.0 Å². The molecule has 0 aromatic carbocycles. The highest BCUT2D eigenvalue weighted by Crippen LogP contribution is 2.10. The average Bonchev–Trinajstić information content (AvgIpc) is 2.55. The molecule has 5 nitrogen and oxygen atoms in total. The Kier molecular flexibility index (Phi) is 3.32. The summed E-state index contributed by atoms with van der Waals surface area (Å²) >= 11 is 1.22. The predicted octanol–water partition coefficient (Wildman–Crippen LogP) is 0.493. The molecule has 72 valence electrons. The zero-order chi connectivity index (χ0) is 9.84. The number of anilines is 1. The van der Waals surface area contributed by atoms with Crippen molar-refractivity contribution in [3.05, 3.63) is 5.51 Å². The second kappa shape index (κ2) is 4.29. The van der Waals surface area contributed by atoms with E-state index in [9.17, 15) is 9.90 Å². The molecule has 0 saturated carbocycles. The molecule has 0 aliphatic heterocycles. The first-order chi connectivity index (χ1) is 6.11. The third kappa shape index (κ3) is 2.74. The molecule has 0 spiro atoms. The molecule has 0 unspecified atom stereocenters. The molecule has 1 heterocycles. The van der Waals surface area contributed by atoms with Gasteiger partial charge in [0.15, 0.2) is 0 Å². The second-order valence-electron chi connectivity index (χ2n) is 2.92. The summed E-state index contributed by atoms with van der Waals surface area (Å²) < 4.78 is 0. The number of nitrogens with zero attached hydrogens (tertiary/aromatic N) is 2. The fourth-order valence-corrected chi connectivity index (χ4v) is 1.16. The first-order valence-electron chi connectivity index (χ1n) is 3.86. The molecule has 13 heavy (non-hydrogen) atoms. The first kappa shape index (κ1) is 10.1. The van der Waals surface area contributed by atoms with Crippen LogP contribution in [0.25, 0.3) is 0 Å². The number of rotatable bonds is 3. The maximum atomic E-state index is 11.2. The van der Waals surface area contributed by atoms with Crippen LogP contribution in [0.1, 0.15) is 13.8 Å². The van der Waals surface area contributed by atoms with E-state index >= 15 is 0 Å². The van der Waals surface area contributed by atoms with Gasteiger partial charge in [0.2, 0.25) is 5.13 Å². The van der Waals surface area contributed by atoms with Crippen LogP contribution in [0.5, 0.6) is 0 Å². The van der Waals surface area contributed by atoms with Crippen molar-refractivity contribution < 1.29 is 9.90 Å². The predicted molar refractivity (Wildman–Crippen MR) is 49.4 cm³/mol. The van der Waals surface area contributed by atoms with Gasteiger partial charge in [0.05, 0.1) is 0 Å². The van der Waals surface area contributed by atoms with Crippen LogP contribution in [0, 0.1) is 5.92 Å². The van der Waals surface area contributed by atoms with Gasteiger partial charge in [-0.25, -0.2) is 0 Å². The molecule has 0 saturated heterocycles. The molecule has 0 radical (unpaired) electrons. The van der Waals surface area contributed by atoms with E-state index in [0.717, 1.165) is 0 Å². The zero-order valence-electron chi connectivity index (χ0n) is 7.39. The summed E-state index contributed by atoms with van der Waals surface area (Å²) in [6, 6.07) is 0. The number of amides is 1. The molecule has 6 heteroatoms. The summed E-state index contributed by atoms with van der Waals surface area (Å²) in [5.74, 6) is -0.542. The summed E-state index contributed by atoms with van der Waals surface area (Å²) in [7, 11) is 0. The molecule has 2 N–H and O–H groups in total. The third-order valence-corrected chi connectivity index (χ3v) is 2.10. The van der Waals surface area contributed by atoms with Crippen LogP contribution in [-0.2, 0) is 4.79 Å². The lowest BCUT2D eigenvalue weighted by Crippen LogP contribution is -2.31. The minimum absolute atomic E-state index is 0.104. The third-order valence-electron chi connectivity index (χ3n) is 1.49. The number of nitrogens with one attached hydrogen (secondary N) is 1. The van der Waals surface area contributed by atoms with Crippen LogP contribution in [0.3, 0.4) is 0 Å². The number of aromatic nitrogens is 2. The van der Waals surface area contributed by atoms with Crippen LogP contribution in [0.15, 0.2) is 5.51 Å². The number of hydrogen-bond donors (Lipinski definition) is 2. The molecule has 1 aromatic rings. The van der Waals surface area contributed by atoms with Crippen LogP contribution in [0.2, 0.25) is 0 Å². The van der Waals surface area contributed by atoms with Crippen LogP contribution < -0.4 is 5.32 Å². The Hall–Kier alpha value is -1.01. The standard InChI is InChI=1S/C7H11N3O2S/c1-4(2)5(11)6(12)9-7-10-8-3-13-7/h3-5,11H,1-2H3,(H,9,10,12)/t5-/m0/s1. The summed E-state index contributed by atoms with van der Waals surface area (Å²) in [4.78, 5) is 11.2. The first-order valence-corrected chi connectivity index (χ1v) is 4.74. The molecule has 1 atom stereocenters. The highest BCUT2D eigenvalue weighted by Gasteiger charge is 2.19. The summed E-state index contributed by atoms with van der Waals surface area (Å²) in [6.45, 7) is 3.54. The van der Waals surface area contributed by atoms with Crippen molar-refractivity contribution in [1.29, 1.82) is 0 Å². The van der Waals surface area contributed by atoms with Crippen molar-refractivity contribution >= 4 is 22.4 Å². The van der Waals surface area contributed by atoms with Gasteiger partial charge in [-0.3, -0.25) is 10.1 Å². The lowest BCUT2D eigenvalue weighted by Gasteiger charge is -2.12. The van der Waals surface area contributed by atoms with Crippen molar-refractivity contribution in [2.75, 3.05) is 5.32 Å². The van der Waals surface area contributed by atoms with E-state index in [0.29, 0.717) is 5.13 Å². The van der Waals surface area contributed by atoms with E-state index in [2.05, 4.69) is 15.5 Å². The molecule has 1 amide bonds. The number of aliphatic hydroxyl groups excluding tert-OH is 1. The van der Waals surface area contributed by atoms with E-state index in [1.807, 2.05) is 0 Å². The summed E-state index contributed by atoms with van der Waals surface area (Å²) in [6.07, 6.45) is -0.996. The van der Waals surface area contributed by atoms with Gasteiger partial charge in [-0.2, -0.15) is 0 Å². The Labute approximate surface area is 79.8 Å². The van der Waals surface area contributed by atoms with E-state index in [1.54, 1.807) is 13.8 Å². The van der Waals surface area contributed by atoms with Crippen LogP contribution in [-0.4, -0.2) is 27.3 Å². The maximum absolute atomic E-state index is 11.2. The molecule has 0 fully saturated rings. The second-order valence-corrected chi connectivity index (χ2v) is 3.76. The van der Waals surface area contributed by atoms with Gasteiger partial charge in [0.25, 0.3) is 5.91 Å². The van der Waals surface area contributed by atoms with Gasteiger partial charge in [0, 0.05) is 0 Å². The smallest absolute Gasteiger partial charge is 0.255 e. The van der Waals surface area contributed by atoms with Crippen molar-refractivity contribution in [3.63, 3.8) is 0 Å². The number of hydrogen-bond acceptors (Lipinski definition) is 5. The Morgan fingerprint density at radius 2 is 2.38 bits per heavy atom. The normalized spacial score (nSPS) is 12.9. The topological polar surface area (TPSA) is 75.1 Å². The monoisotopic (exact) mass is 201 g/mol. The van der Waals surface area contributed by atoms with E-state index in [1.165, 1.54) is 16.8 Å². The molecule has 0 bridgehead atoms. The van der Waals surface area contributed by atoms with Crippen LogP contribution in [0.4, 0.5) is 5.13 Å². The highest BCUT2D eigenvalue weighted by molar-refractivity contribution is 7.13. The molecular weight excluding hydrogens is 190 g/mol. The van der Waals surface area contributed by atoms with E-state index in [-0.39, 0.29) is 5.92 Å². The van der Waals surface area contributed by atoms with E-state index < -0.39 is 12.0 Å². The minimum Gasteiger partial charge on any atom is -0.383 e. The Morgan fingerprint density at radius 1 is 1.69 bits per heavy atom. The molecule has 1 aromatic heterocycles. The molecule has 1 rings (SSSR count). The number of aliphatic hydroxyl groups is 1. The zero-order valence-corrected chi connectivity index (χ0v) is 8.21. The Balaban J connectivity index is 2.51. The van der Waals surface area contributed by atoms with Gasteiger partial charge >= 0.3 is 0 Å². The van der Waals surface area contributed by atoms with Crippen LogP contribution >= 0.6 is 11.3 Å². The van der Waals surface area contributed by atoms with Gasteiger partial charge in [-0.15, -0.1) is 10.2 Å². The quantitative estimate of drug-likeness (QED) is 0.746. The molecule has 0 aliphatic rings. The van der Waals surface area contributed by atoms with Gasteiger partial charge < -0.3 is 5.11 Å². The summed E-state index contributed by atoms with van der Waals surface area (Å²) in [5, 5.41) is 19.4. The van der Waals surface area contributed by atoms with E-state index in [4.69, 9.17) is 0 Å². The fourth-order valence-electron chi connectivity index (χ4n) is 0.710. The SMILES string of the molecule is CC(C)[C@H](O)C(=O)Nc1nncs1. The van der Waals surface area contributed by atoms with Crippen molar-refractivity contribution in [1.82, 2.24) is 10.2 Å². The average molecular weight is 201 g/mol. The Bertz CT molecular complexity index is 273. The van der Waals surface area contributed by atoms with Crippen molar-refractivity contribution in [2.24, 2.45) is 5.92 Å². The minimum atomic E-state index is -0.996.